The van der Waals surface area contributed by atoms with Crippen LogP contribution < -0.4 is 10.6 Å². The van der Waals surface area contributed by atoms with Crippen molar-refractivity contribution in [3.63, 3.8) is 0 Å². The summed E-state index contributed by atoms with van der Waals surface area (Å²) >= 11 is 0. The smallest absolute Gasteiger partial charge is 0.307 e. The molecule has 1 heterocycles. The largest absolute Gasteiger partial charge is 0.469 e. The lowest BCUT2D eigenvalue weighted by Crippen LogP contribution is -2.25. The Balaban J connectivity index is 1.55. The molecule has 0 bridgehead atoms. The number of aromatic nitrogens is 2. The number of anilines is 1. The number of amides is 1. The molecule has 0 unspecified atom stereocenters. The van der Waals surface area contributed by atoms with Crippen molar-refractivity contribution in [1.29, 1.82) is 0 Å². The summed E-state index contributed by atoms with van der Waals surface area (Å²) in [6.07, 6.45) is 4.13. The van der Waals surface area contributed by atoms with Crippen LogP contribution in [0.1, 0.15) is 35.2 Å². The number of esters is 1. The summed E-state index contributed by atoms with van der Waals surface area (Å²) in [5.41, 5.74) is 4.59. The number of hydrogen-bond acceptors (Lipinski definition) is 6. The normalized spacial score (nSPS) is 13.1. The molecule has 154 valence electrons. The van der Waals surface area contributed by atoms with Gasteiger partial charge in [-0.05, 0) is 60.7 Å². The number of nitrogens with zero attached hydrogens (tertiary/aromatic N) is 2. The lowest BCUT2D eigenvalue weighted by molar-refractivity contribution is -0.140. The van der Waals surface area contributed by atoms with Crippen LogP contribution in [0.4, 0.5) is 5.95 Å². The van der Waals surface area contributed by atoms with Gasteiger partial charge in [0.15, 0.2) is 0 Å². The molecule has 0 saturated heterocycles. The summed E-state index contributed by atoms with van der Waals surface area (Å²) in [6, 6.07) is 12.1. The van der Waals surface area contributed by atoms with Crippen molar-refractivity contribution >= 4 is 28.7 Å². The molecule has 1 amide bonds. The summed E-state index contributed by atoms with van der Waals surface area (Å²) in [7, 11) is 1.36. The second-order valence-corrected chi connectivity index (χ2v) is 7.50. The highest BCUT2D eigenvalue weighted by atomic mass is 16.5. The van der Waals surface area contributed by atoms with Crippen molar-refractivity contribution in [1.82, 2.24) is 15.3 Å². The molecule has 7 nitrogen and oxygen atoms in total. The van der Waals surface area contributed by atoms with E-state index in [1.54, 1.807) is 6.20 Å². The van der Waals surface area contributed by atoms with Gasteiger partial charge in [0.2, 0.25) is 5.95 Å². The van der Waals surface area contributed by atoms with E-state index in [9.17, 15) is 9.59 Å². The number of rotatable bonds is 7. The van der Waals surface area contributed by atoms with E-state index in [1.165, 1.54) is 7.11 Å². The second kappa shape index (κ2) is 8.49. The van der Waals surface area contributed by atoms with Crippen LogP contribution in [0.3, 0.4) is 0 Å². The van der Waals surface area contributed by atoms with Crippen molar-refractivity contribution in [2.75, 3.05) is 19.0 Å². The molecule has 0 aliphatic heterocycles. The van der Waals surface area contributed by atoms with Crippen LogP contribution in [0.2, 0.25) is 0 Å². The third-order valence-electron chi connectivity index (χ3n) is 5.14. The number of methoxy groups -OCH3 is 1. The van der Waals surface area contributed by atoms with E-state index in [2.05, 4.69) is 25.3 Å². The van der Waals surface area contributed by atoms with Gasteiger partial charge in [-0.1, -0.05) is 12.1 Å². The van der Waals surface area contributed by atoms with Crippen molar-refractivity contribution in [2.24, 2.45) is 0 Å². The molecule has 0 radical (unpaired) electrons. The molecule has 2 aromatic carbocycles. The number of nitrogens with one attached hydrogen (secondary N) is 2. The first-order valence-electron chi connectivity index (χ1n) is 10.0. The zero-order valence-electron chi connectivity index (χ0n) is 17.1. The van der Waals surface area contributed by atoms with Crippen molar-refractivity contribution < 1.29 is 14.3 Å². The van der Waals surface area contributed by atoms with Gasteiger partial charge in [0, 0.05) is 29.7 Å². The number of benzene rings is 2. The van der Waals surface area contributed by atoms with Gasteiger partial charge in [0.25, 0.3) is 5.91 Å². The lowest BCUT2D eigenvalue weighted by Gasteiger charge is -2.11. The molecular formula is C23H24N4O3. The van der Waals surface area contributed by atoms with E-state index in [0.29, 0.717) is 24.1 Å². The van der Waals surface area contributed by atoms with Gasteiger partial charge in [-0.3, -0.25) is 9.59 Å². The zero-order valence-corrected chi connectivity index (χ0v) is 17.1. The number of aryl methyl sites for hydroxylation is 1. The first kappa shape index (κ1) is 19.8. The van der Waals surface area contributed by atoms with Gasteiger partial charge in [0.1, 0.15) is 0 Å². The van der Waals surface area contributed by atoms with Crippen molar-refractivity contribution in [2.45, 2.75) is 32.2 Å². The first-order chi connectivity index (χ1) is 14.5. The Hall–Kier alpha value is -3.48. The highest BCUT2D eigenvalue weighted by Gasteiger charge is 2.24. The molecule has 2 N–H and O–H groups in total. The third kappa shape index (κ3) is 4.56. The summed E-state index contributed by atoms with van der Waals surface area (Å²) < 4.78 is 4.62. The van der Waals surface area contributed by atoms with Crippen LogP contribution in [0, 0.1) is 6.92 Å². The summed E-state index contributed by atoms with van der Waals surface area (Å²) in [6.45, 7) is 2.44. The minimum Gasteiger partial charge on any atom is -0.469 e. The monoisotopic (exact) mass is 404 g/mol. The van der Waals surface area contributed by atoms with Crippen LogP contribution in [0.5, 0.6) is 0 Å². The van der Waals surface area contributed by atoms with Gasteiger partial charge in [-0.15, -0.1) is 0 Å². The predicted octanol–water partition coefficient (Wildman–Crippen LogP) is 3.47. The highest BCUT2D eigenvalue weighted by molar-refractivity contribution is 5.96. The average molecular weight is 404 g/mol. The predicted molar refractivity (Wildman–Crippen MR) is 115 cm³/mol. The molecule has 0 spiro atoms. The fourth-order valence-corrected chi connectivity index (χ4v) is 3.24. The molecule has 1 saturated carbocycles. The van der Waals surface area contributed by atoms with E-state index in [1.807, 2.05) is 43.3 Å². The quantitative estimate of drug-likeness (QED) is 0.586. The van der Waals surface area contributed by atoms with E-state index < -0.39 is 0 Å². The zero-order chi connectivity index (χ0) is 21.1. The Morgan fingerprint density at radius 1 is 1.17 bits per heavy atom. The number of fused-ring (bicyclic) bond motifs is 1. The van der Waals surface area contributed by atoms with Gasteiger partial charge >= 0.3 is 5.97 Å². The minimum absolute atomic E-state index is 0.0226. The van der Waals surface area contributed by atoms with Crippen LogP contribution in [0.15, 0.2) is 42.6 Å². The van der Waals surface area contributed by atoms with Gasteiger partial charge in [-0.25, -0.2) is 9.97 Å². The highest BCUT2D eigenvalue weighted by Crippen LogP contribution is 2.28. The third-order valence-corrected chi connectivity index (χ3v) is 5.14. The Bertz CT molecular complexity index is 1110. The van der Waals surface area contributed by atoms with Crippen molar-refractivity contribution in [3.8, 4) is 11.1 Å². The summed E-state index contributed by atoms with van der Waals surface area (Å²) in [5.74, 6) is 0.163. The summed E-state index contributed by atoms with van der Waals surface area (Å²) in [5, 5.41) is 6.97. The molecule has 1 aliphatic carbocycles. The van der Waals surface area contributed by atoms with E-state index in [-0.39, 0.29) is 18.3 Å². The Kier molecular flexibility index (Phi) is 5.61. The van der Waals surface area contributed by atoms with Crippen LogP contribution >= 0.6 is 0 Å². The molecule has 1 aromatic heterocycles. The minimum atomic E-state index is -0.281. The Morgan fingerprint density at radius 3 is 2.77 bits per heavy atom. The SMILES string of the molecule is COC(=O)CCNc1ncc2cc(-c3cc(C(=O)NC4CC4)ccc3C)ccc2n1. The molecule has 0 atom stereocenters. The fourth-order valence-electron chi connectivity index (χ4n) is 3.24. The van der Waals surface area contributed by atoms with Gasteiger partial charge in [0.05, 0.1) is 19.0 Å². The van der Waals surface area contributed by atoms with E-state index in [0.717, 1.165) is 40.4 Å². The maximum Gasteiger partial charge on any atom is 0.307 e. The molecule has 4 rings (SSSR count). The number of hydrogen-bond donors (Lipinski definition) is 2. The Labute approximate surface area is 174 Å². The van der Waals surface area contributed by atoms with Gasteiger partial charge in [-0.2, -0.15) is 0 Å². The van der Waals surface area contributed by atoms with Crippen molar-refractivity contribution in [3.05, 3.63) is 53.7 Å². The summed E-state index contributed by atoms with van der Waals surface area (Å²) in [4.78, 5) is 32.5. The average Bonchev–Trinajstić information content (AvgIpc) is 3.57. The van der Waals surface area contributed by atoms with Crippen LogP contribution in [-0.4, -0.2) is 41.5 Å². The molecule has 1 fully saturated rings. The number of carbonyl (C=O) groups excluding carboxylic acids is 2. The van der Waals surface area contributed by atoms with Crippen LogP contribution in [0.25, 0.3) is 22.0 Å². The molecule has 3 aromatic rings. The molecule has 7 heteroatoms. The number of carbonyl (C=O) groups is 2. The first-order valence-corrected chi connectivity index (χ1v) is 10.0. The fraction of sp³-hybridized carbons (Fsp3) is 0.304. The molecule has 30 heavy (non-hydrogen) atoms. The second-order valence-electron chi connectivity index (χ2n) is 7.50. The topological polar surface area (TPSA) is 93.2 Å². The van der Waals surface area contributed by atoms with E-state index >= 15 is 0 Å². The molecular weight excluding hydrogens is 380 g/mol. The Morgan fingerprint density at radius 2 is 2.00 bits per heavy atom. The van der Waals surface area contributed by atoms with E-state index in [4.69, 9.17) is 0 Å². The van der Waals surface area contributed by atoms with Crippen LogP contribution in [-0.2, 0) is 9.53 Å². The maximum atomic E-state index is 12.4. The van der Waals surface area contributed by atoms with Gasteiger partial charge < -0.3 is 15.4 Å². The molecule has 1 aliphatic rings. The standard InChI is InChI=1S/C23H24N4O3/c1-14-3-4-16(22(29)26-18-6-7-18)12-19(14)15-5-8-20-17(11-15)13-25-23(27-20)24-10-9-21(28)30-2/h3-5,8,11-13,18H,6-7,9-10H2,1-2H3,(H,26,29)(H,24,25,27). The number of ether oxygens (including phenoxy) is 1. The maximum absolute atomic E-state index is 12.4. The lowest BCUT2D eigenvalue weighted by atomic mass is 9.97.